The summed E-state index contributed by atoms with van der Waals surface area (Å²) in [5, 5.41) is 9.86. The van der Waals surface area contributed by atoms with Gasteiger partial charge < -0.3 is 10.0 Å². The number of carbonyl (C=O) groups is 1. The number of aliphatic hydroxyl groups is 1. The number of nitrogens with zero attached hydrogens (tertiary/aromatic N) is 1. The Balaban J connectivity index is 2.10. The van der Waals surface area contributed by atoms with Gasteiger partial charge in [-0.3, -0.25) is 4.79 Å². The molecule has 0 aromatic heterocycles. The molecule has 0 radical (unpaired) electrons. The van der Waals surface area contributed by atoms with E-state index in [1.807, 2.05) is 0 Å². The lowest BCUT2D eigenvalue weighted by molar-refractivity contribution is -0.139. The predicted molar refractivity (Wildman–Crippen MR) is 67.5 cm³/mol. The van der Waals surface area contributed by atoms with E-state index in [2.05, 4.69) is 18.7 Å². The van der Waals surface area contributed by atoms with Gasteiger partial charge in [-0.05, 0) is 43.9 Å². The topological polar surface area (TPSA) is 40.5 Å². The van der Waals surface area contributed by atoms with E-state index in [0.717, 1.165) is 38.6 Å². The molecule has 1 amide bonds. The minimum atomic E-state index is -0.204. The van der Waals surface area contributed by atoms with Crippen LogP contribution in [-0.2, 0) is 4.79 Å². The first-order valence-corrected chi connectivity index (χ1v) is 7.07. The van der Waals surface area contributed by atoms with Crippen molar-refractivity contribution in [1.29, 1.82) is 0 Å². The maximum Gasteiger partial charge on any atom is 0.222 e. The molecule has 3 atom stereocenters. The molecule has 0 bridgehead atoms. The summed E-state index contributed by atoms with van der Waals surface area (Å²) < 4.78 is 0. The summed E-state index contributed by atoms with van der Waals surface area (Å²) in [5.41, 5.74) is 0. The van der Waals surface area contributed by atoms with Crippen LogP contribution in [0.25, 0.3) is 0 Å². The molecule has 17 heavy (non-hydrogen) atoms. The third-order valence-corrected chi connectivity index (χ3v) is 4.46. The van der Waals surface area contributed by atoms with Gasteiger partial charge in [0.05, 0.1) is 6.10 Å². The molecule has 1 heterocycles. The number of carbonyl (C=O) groups excluding carboxylic acids is 1. The lowest BCUT2D eigenvalue weighted by Gasteiger charge is -2.44. The molecule has 1 aliphatic heterocycles. The number of rotatable bonds is 2. The molecule has 1 N–H and O–H groups in total. The van der Waals surface area contributed by atoms with Crippen LogP contribution in [0.15, 0.2) is 0 Å². The Kier molecular flexibility index (Phi) is 4.08. The second-order valence-electron chi connectivity index (χ2n) is 5.99. The van der Waals surface area contributed by atoms with Gasteiger partial charge in [0.1, 0.15) is 0 Å². The van der Waals surface area contributed by atoms with Crippen LogP contribution in [-0.4, -0.2) is 34.6 Å². The molecule has 1 saturated carbocycles. The Hall–Kier alpha value is -0.570. The Morgan fingerprint density at radius 2 is 2.06 bits per heavy atom. The molecule has 98 valence electrons. The molecule has 0 aromatic rings. The zero-order valence-corrected chi connectivity index (χ0v) is 11.1. The highest BCUT2D eigenvalue weighted by Crippen LogP contribution is 2.35. The maximum absolute atomic E-state index is 12.0. The van der Waals surface area contributed by atoms with Crippen molar-refractivity contribution in [2.45, 2.75) is 64.5 Å². The van der Waals surface area contributed by atoms with Crippen LogP contribution in [0.1, 0.15) is 52.4 Å². The zero-order valence-electron chi connectivity index (χ0n) is 11.1. The van der Waals surface area contributed by atoms with Crippen molar-refractivity contribution in [3.63, 3.8) is 0 Å². The number of hydrogen-bond donors (Lipinski definition) is 1. The normalized spacial score (nSPS) is 35.4. The number of aliphatic hydroxyl groups excluding tert-OH is 1. The summed E-state index contributed by atoms with van der Waals surface area (Å²) in [4.78, 5) is 14.1. The second-order valence-corrected chi connectivity index (χ2v) is 5.99. The van der Waals surface area contributed by atoms with Crippen LogP contribution >= 0.6 is 0 Å². The third-order valence-electron chi connectivity index (χ3n) is 4.46. The van der Waals surface area contributed by atoms with Crippen LogP contribution in [0.4, 0.5) is 0 Å². The third kappa shape index (κ3) is 2.82. The molecule has 3 heteroatoms. The van der Waals surface area contributed by atoms with Gasteiger partial charge in [-0.2, -0.15) is 0 Å². The van der Waals surface area contributed by atoms with Gasteiger partial charge in [0.15, 0.2) is 0 Å². The highest BCUT2D eigenvalue weighted by molar-refractivity contribution is 5.77. The smallest absolute Gasteiger partial charge is 0.222 e. The van der Waals surface area contributed by atoms with Crippen molar-refractivity contribution in [3.8, 4) is 0 Å². The Bertz CT molecular complexity index is 277. The van der Waals surface area contributed by atoms with E-state index >= 15 is 0 Å². The molecular formula is C14H25NO2. The standard InChI is InChI=1S/C14H25NO2/c1-10(2)12-7-6-11(16)9-13(12)15-8-4-3-5-14(15)17/h10-13,16H,3-9H2,1-2H3. The molecule has 2 aliphatic rings. The van der Waals surface area contributed by atoms with Crippen LogP contribution in [0.2, 0.25) is 0 Å². The van der Waals surface area contributed by atoms with Crippen LogP contribution < -0.4 is 0 Å². The van der Waals surface area contributed by atoms with Crippen LogP contribution in [0, 0.1) is 11.8 Å². The summed E-state index contributed by atoms with van der Waals surface area (Å²) in [7, 11) is 0. The van der Waals surface area contributed by atoms with E-state index in [-0.39, 0.29) is 12.1 Å². The number of hydrogen-bond acceptors (Lipinski definition) is 2. The molecule has 1 aliphatic carbocycles. The zero-order chi connectivity index (χ0) is 12.4. The van der Waals surface area contributed by atoms with Gasteiger partial charge in [0.25, 0.3) is 0 Å². The molecule has 0 aromatic carbocycles. The fourth-order valence-corrected chi connectivity index (χ4v) is 3.46. The Morgan fingerprint density at radius 1 is 1.29 bits per heavy atom. The highest BCUT2D eigenvalue weighted by Gasteiger charge is 2.37. The van der Waals surface area contributed by atoms with E-state index in [1.165, 1.54) is 0 Å². The minimum Gasteiger partial charge on any atom is -0.393 e. The summed E-state index contributed by atoms with van der Waals surface area (Å²) in [5.74, 6) is 1.48. The molecular weight excluding hydrogens is 214 g/mol. The molecule has 3 unspecified atom stereocenters. The van der Waals surface area contributed by atoms with Crippen molar-refractivity contribution in [2.75, 3.05) is 6.54 Å². The fourth-order valence-electron chi connectivity index (χ4n) is 3.46. The van der Waals surface area contributed by atoms with Crippen molar-refractivity contribution < 1.29 is 9.90 Å². The molecule has 2 fully saturated rings. The fraction of sp³-hybridized carbons (Fsp3) is 0.929. The maximum atomic E-state index is 12.0. The number of piperidine rings is 1. The van der Waals surface area contributed by atoms with E-state index in [1.54, 1.807) is 0 Å². The van der Waals surface area contributed by atoms with E-state index < -0.39 is 0 Å². The second kappa shape index (κ2) is 5.38. The van der Waals surface area contributed by atoms with E-state index in [9.17, 15) is 9.90 Å². The average molecular weight is 239 g/mol. The van der Waals surface area contributed by atoms with E-state index in [4.69, 9.17) is 0 Å². The first-order valence-electron chi connectivity index (χ1n) is 7.07. The predicted octanol–water partition coefficient (Wildman–Crippen LogP) is 2.18. The quantitative estimate of drug-likeness (QED) is 0.802. The van der Waals surface area contributed by atoms with Gasteiger partial charge in [-0.25, -0.2) is 0 Å². The van der Waals surface area contributed by atoms with Gasteiger partial charge in [-0.15, -0.1) is 0 Å². The highest BCUT2D eigenvalue weighted by atomic mass is 16.3. The average Bonchev–Trinajstić information content (AvgIpc) is 2.29. The van der Waals surface area contributed by atoms with Crippen molar-refractivity contribution in [3.05, 3.63) is 0 Å². The summed E-state index contributed by atoms with van der Waals surface area (Å²) in [6.45, 7) is 5.38. The summed E-state index contributed by atoms with van der Waals surface area (Å²) in [6, 6.07) is 0.284. The summed E-state index contributed by atoms with van der Waals surface area (Å²) in [6.07, 6.45) is 5.42. The lowest BCUT2D eigenvalue weighted by Crippen LogP contribution is -2.51. The van der Waals surface area contributed by atoms with Gasteiger partial charge in [0, 0.05) is 19.0 Å². The Labute approximate surface area is 104 Å². The lowest BCUT2D eigenvalue weighted by atomic mass is 9.75. The monoisotopic (exact) mass is 239 g/mol. The largest absolute Gasteiger partial charge is 0.393 e. The molecule has 3 nitrogen and oxygen atoms in total. The number of likely N-dealkylation sites (tertiary alicyclic amines) is 1. The van der Waals surface area contributed by atoms with Gasteiger partial charge >= 0.3 is 0 Å². The Morgan fingerprint density at radius 3 is 2.71 bits per heavy atom. The van der Waals surface area contributed by atoms with Crippen LogP contribution in [0.3, 0.4) is 0 Å². The number of amides is 1. The first-order chi connectivity index (χ1) is 8.09. The van der Waals surface area contributed by atoms with Gasteiger partial charge in [-0.1, -0.05) is 13.8 Å². The first kappa shape index (κ1) is 12.9. The van der Waals surface area contributed by atoms with Crippen LogP contribution in [0.5, 0.6) is 0 Å². The van der Waals surface area contributed by atoms with Gasteiger partial charge in [0.2, 0.25) is 5.91 Å². The summed E-state index contributed by atoms with van der Waals surface area (Å²) >= 11 is 0. The SMILES string of the molecule is CC(C)C1CCC(O)CC1N1CCCCC1=O. The molecule has 2 rings (SSSR count). The minimum absolute atomic E-state index is 0.204. The van der Waals surface area contributed by atoms with E-state index in [0.29, 0.717) is 24.2 Å². The van der Waals surface area contributed by atoms with Crippen molar-refractivity contribution >= 4 is 5.91 Å². The molecule has 0 spiro atoms. The van der Waals surface area contributed by atoms with Crippen molar-refractivity contribution in [1.82, 2.24) is 4.90 Å². The molecule has 1 saturated heterocycles. The van der Waals surface area contributed by atoms with Crippen molar-refractivity contribution in [2.24, 2.45) is 11.8 Å².